The molecule has 3 heteroatoms. The van der Waals surface area contributed by atoms with Crippen molar-refractivity contribution in [1.29, 1.82) is 0 Å². The van der Waals surface area contributed by atoms with E-state index in [1.807, 2.05) is 0 Å². The molecule has 0 N–H and O–H groups in total. The van der Waals surface area contributed by atoms with E-state index in [0.29, 0.717) is 12.0 Å². The zero-order valence-corrected chi connectivity index (χ0v) is 11.5. The van der Waals surface area contributed by atoms with Gasteiger partial charge < -0.3 is 14.0 Å². The van der Waals surface area contributed by atoms with Crippen LogP contribution < -0.4 is 0 Å². The first-order valence-corrected chi connectivity index (χ1v) is 7.51. The van der Waals surface area contributed by atoms with Crippen LogP contribution in [0.5, 0.6) is 0 Å². The maximum absolute atomic E-state index is 6.16. The van der Waals surface area contributed by atoms with E-state index in [9.17, 15) is 0 Å². The van der Waals surface area contributed by atoms with Crippen LogP contribution in [0.1, 0.15) is 32.1 Å². The molecule has 0 bridgehead atoms. The molecule has 0 aromatic heterocycles. The van der Waals surface area contributed by atoms with Gasteiger partial charge in [-0.3, -0.25) is 0 Å². The van der Waals surface area contributed by atoms with Crippen LogP contribution in [0.3, 0.4) is 0 Å². The van der Waals surface area contributed by atoms with Crippen molar-refractivity contribution in [3.8, 4) is 0 Å². The van der Waals surface area contributed by atoms with Gasteiger partial charge in [0.2, 0.25) is 0 Å². The summed E-state index contributed by atoms with van der Waals surface area (Å²) in [4.78, 5) is 0. The number of hydrogen-bond acceptors (Lipinski definition) is 2. The third kappa shape index (κ3) is 2.79. The van der Waals surface area contributed by atoms with Gasteiger partial charge in [-0.15, -0.1) is 0 Å². The van der Waals surface area contributed by atoms with Gasteiger partial charge in [-0.1, -0.05) is 12.2 Å². The molecule has 3 unspecified atom stereocenters. The number of likely N-dealkylation sites (tertiary alicyclic amines) is 1. The summed E-state index contributed by atoms with van der Waals surface area (Å²) in [7, 11) is 2.37. The minimum absolute atomic E-state index is 0.0640. The van der Waals surface area contributed by atoms with E-state index in [2.05, 4.69) is 19.2 Å². The zero-order chi connectivity index (χ0) is 12.4. The molecule has 0 amide bonds. The Bertz CT molecular complexity index is 310. The lowest BCUT2D eigenvalue weighted by Crippen LogP contribution is -2.47. The largest absolute Gasteiger partial charge is 0.349 e. The molecule has 102 valence electrons. The number of ether oxygens (including phenoxy) is 2. The van der Waals surface area contributed by atoms with E-state index in [1.165, 1.54) is 43.3 Å². The lowest BCUT2D eigenvalue weighted by Gasteiger charge is -2.31. The second-order valence-corrected chi connectivity index (χ2v) is 6.46. The van der Waals surface area contributed by atoms with E-state index < -0.39 is 0 Å². The van der Waals surface area contributed by atoms with Gasteiger partial charge in [0.1, 0.15) is 12.6 Å². The van der Waals surface area contributed by atoms with Crippen molar-refractivity contribution in [3.05, 3.63) is 12.2 Å². The Morgan fingerprint density at radius 2 is 2.06 bits per heavy atom. The third-order valence-corrected chi connectivity index (χ3v) is 4.76. The molecular formula is C15H26NO2+. The molecule has 1 aliphatic carbocycles. The molecule has 0 spiro atoms. The first-order chi connectivity index (χ1) is 8.75. The minimum atomic E-state index is 0.0640. The molecule has 3 nitrogen and oxygen atoms in total. The monoisotopic (exact) mass is 252 g/mol. The molecule has 18 heavy (non-hydrogen) atoms. The van der Waals surface area contributed by atoms with Gasteiger partial charge in [-0.2, -0.15) is 0 Å². The molecule has 0 radical (unpaired) electrons. The summed E-state index contributed by atoms with van der Waals surface area (Å²) < 4.78 is 13.2. The fourth-order valence-electron chi connectivity index (χ4n) is 3.65. The second kappa shape index (κ2) is 5.32. The van der Waals surface area contributed by atoms with Crippen molar-refractivity contribution in [1.82, 2.24) is 0 Å². The zero-order valence-electron chi connectivity index (χ0n) is 11.5. The summed E-state index contributed by atoms with van der Waals surface area (Å²) in [6.07, 6.45) is 11.2. The van der Waals surface area contributed by atoms with Crippen molar-refractivity contribution in [2.75, 3.05) is 33.3 Å². The van der Waals surface area contributed by atoms with Crippen molar-refractivity contribution in [2.24, 2.45) is 5.92 Å². The Balaban J connectivity index is 1.50. The number of quaternary nitrogens is 1. The topological polar surface area (TPSA) is 18.5 Å². The third-order valence-electron chi connectivity index (χ3n) is 4.76. The van der Waals surface area contributed by atoms with E-state index in [4.69, 9.17) is 9.47 Å². The first kappa shape index (κ1) is 12.6. The van der Waals surface area contributed by atoms with Crippen LogP contribution in [0.4, 0.5) is 0 Å². The highest BCUT2D eigenvalue weighted by atomic mass is 16.7. The van der Waals surface area contributed by atoms with Crippen LogP contribution in [-0.2, 0) is 9.47 Å². The van der Waals surface area contributed by atoms with Crippen molar-refractivity contribution in [2.45, 2.75) is 44.5 Å². The highest BCUT2D eigenvalue weighted by Crippen LogP contribution is 2.30. The maximum Gasteiger partial charge on any atom is 0.161 e. The predicted molar refractivity (Wildman–Crippen MR) is 71.1 cm³/mol. The quantitative estimate of drug-likeness (QED) is 0.567. The van der Waals surface area contributed by atoms with E-state index in [0.717, 1.165) is 19.6 Å². The fourth-order valence-corrected chi connectivity index (χ4v) is 3.65. The average Bonchev–Trinajstić information content (AvgIpc) is 3.00. The van der Waals surface area contributed by atoms with Crippen LogP contribution in [0.15, 0.2) is 12.2 Å². The van der Waals surface area contributed by atoms with E-state index in [1.54, 1.807) is 0 Å². The van der Waals surface area contributed by atoms with Crippen molar-refractivity contribution < 1.29 is 14.0 Å². The Morgan fingerprint density at radius 1 is 1.22 bits per heavy atom. The van der Waals surface area contributed by atoms with Crippen LogP contribution in [0, 0.1) is 5.92 Å². The van der Waals surface area contributed by atoms with Crippen LogP contribution >= 0.6 is 0 Å². The Labute approximate surface area is 110 Å². The summed E-state index contributed by atoms with van der Waals surface area (Å²) in [5.74, 6) is 0.587. The number of hydrogen-bond donors (Lipinski definition) is 0. The molecule has 3 atom stereocenters. The smallest absolute Gasteiger partial charge is 0.161 e. The summed E-state index contributed by atoms with van der Waals surface area (Å²) in [6, 6.07) is 0. The van der Waals surface area contributed by atoms with E-state index in [-0.39, 0.29) is 6.29 Å². The Kier molecular flexibility index (Phi) is 3.73. The first-order valence-electron chi connectivity index (χ1n) is 7.51. The summed E-state index contributed by atoms with van der Waals surface area (Å²) in [5.41, 5.74) is 0. The summed E-state index contributed by atoms with van der Waals surface area (Å²) in [5, 5.41) is 0. The fraction of sp³-hybridized carbons (Fsp3) is 0.867. The van der Waals surface area contributed by atoms with Crippen molar-refractivity contribution >= 4 is 0 Å². The van der Waals surface area contributed by atoms with Gasteiger partial charge in [0.25, 0.3) is 0 Å². The van der Waals surface area contributed by atoms with Gasteiger partial charge >= 0.3 is 0 Å². The van der Waals surface area contributed by atoms with Crippen LogP contribution in [0.25, 0.3) is 0 Å². The molecule has 2 fully saturated rings. The highest BCUT2D eigenvalue weighted by molar-refractivity contribution is 4.91. The molecular weight excluding hydrogens is 226 g/mol. The Morgan fingerprint density at radius 3 is 2.78 bits per heavy atom. The van der Waals surface area contributed by atoms with Gasteiger partial charge in [-0.25, -0.2) is 0 Å². The molecule has 3 aliphatic rings. The normalized spacial score (nSPS) is 39.3. The van der Waals surface area contributed by atoms with Crippen LogP contribution in [-0.4, -0.2) is 50.2 Å². The molecule has 3 rings (SSSR count). The SMILES string of the molecule is C[N+]1(CC2COC(C3CC=CCC3)O2)CCCC1. The number of nitrogens with zero attached hydrogens (tertiary/aromatic N) is 1. The highest BCUT2D eigenvalue weighted by Gasteiger charge is 2.38. The lowest BCUT2D eigenvalue weighted by atomic mass is 9.94. The van der Waals surface area contributed by atoms with Gasteiger partial charge in [-0.05, 0) is 19.3 Å². The molecule has 2 aliphatic heterocycles. The molecule has 2 heterocycles. The van der Waals surface area contributed by atoms with Gasteiger partial charge in [0.05, 0.1) is 26.7 Å². The number of allylic oxidation sites excluding steroid dienone is 2. The standard InChI is InChI=1S/C15H26NO2/c1-16(9-5-6-10-16)11-14-12-17-15(18-14)13-7-3-2-4-8-13/h2-3,13-15H,4-12H2,1H3/q+1. The molecule has 0 aromatic rings. The molecule has 0 saturated carbocycles. The van der Waals surface area contributed by atoms with Crippen LogP contribution in [0.2, 0.25) is 0 Å². The number of likely N-dealkylation sites (N-methyl/N-ethyl adjacent to an activating group) is 1. The second-order valence-electron chi connectivity index (χ2n) is 6.46. The van der Waals surface area contributed by atoms with Gasteiger partial charge in [0.15, 0.2) is 6.29 Å². The van der Waals surface area contributed by atoms with Crippen molar-refractivity contribution in [3.63, 3.8) is 0 Å². The predicted octanol–water partition coefficient (Wildman–Crippen LogP) is 2.32. The summed E-state index contributed by atoms with van der Waals surface area (Å²) in [6.45, 7) is 4.57. The molecule has 0 aromatic carbocycles. The minimum Gasteiger partial charge on any atom is -0.349 e. The Hall–Kier alpha value is -0.380. The molecule has 2 saturated heterocycles. The summed E-state index contributed by atoms with van der Waals surface area (Å²) >= 11 is 0. The lowest BCUT2D eigenvalue weighted by molar-refractivity contribution is -0.900. The van der Waals surface area contributed by atoms with Gasteiger partial charge in [0, 0.05) is 18.8 Å². The number of rotatable bonds is 3. The van der Waals surface area contributed by atoms with E-state index >= 15 is 0 Å². The average molecular weight is 252 g/mol. The maximum atomic E-state index is 6.16.